The van der Waals surface area contributed by atoms with E-state index >= 15 is 0 Å². The lowest BCUT2D eigenvalue weighted by atomic mass is 10.1. The summed E-state index contributed by atoms with van der Waals surface area (Å²) in [4.78, 5) is 17.1. The van der Waals surface area contributed by atoms with Crippen molar-refractivity contribution in [1.29, 1.82) is 0 Å². The molecule has 3 heteroatoms. The quantitative estimate of drug-likeness (QED) is 0.454. The maximum Gasteiger partial charge on any atom is 0.185 e. The average molecular weight is 339 g/mol. The second kappa shape index (κ2) is 7.19. The lowest BCUT2D eigenvalue weighted by molar-refractivity contribution is 0.0988. The molecule has 0 spiro atoms. The van der Waals surface area contributed by atoms with Crippen molar-refractivity contribution in [1.82, 2.24) is 4.98 Å². The Balaban J connectivity index is 1.52. The van der Waals surface area contributed by atoms with Crippen LogP contribution >= 0.6 is 0 Å². The third-order valence-corrected chi connectivity index (χ3v) is 4.13. The highest BCUT2D eigenvalue weighted by Crippen LogP contribution is 2.22. The summed E-state index contributed by atoms with van der Waals surface area (Å²) < 4.78 is 5.84. The van der Waals surface area contributed by atoms with Crippen molar-refractivity contribution in [2.45, 2.75) is 6.42 Å². The fraction of sp³-hybridized carbons (Fsp3) is 0.0435. The Kier molecular flexibility index (Phi) is 4.44. The molecule has 0 saturated heterocycles. The first-order valence-electron chi connectivity index (χ1n) is 8.49. The monoisotopic (exact) mass is 339 g/mol. The van der Waals surface area contributed by atoms with Crippen LogP contribution in [0.3, 0.4) is 0 Å². The molecule has 0 aliphatic rings. The highest BCUT2D eigenvalue weighted by molar-refractivity contribution is 5.97. The minimum atomic E-state index is -0.00684. The SMILES string of the molecule is O=C(Cc1cccc(Oc2ccccc2)c1)c1ccc2ccccc2n1. The lowest BCUT2D eigenvalue weighted by Crippen LogP contribution is -2.06. The Morgan fingerprint density at radius 1 is 0.769 bits per heavy atom. The summed E-state index contributed by atoms with van der Waals surface area (Å²) in [5.74, 6) is 1.48. The third kappa shape index (κ3) is 3.62. The van der Waals surface area contributed by atoms with Gasteiger partial charge >= 0.3 is 0 Å². The summed E-state index contributed by atoms with van der Waals surface area (Å²) in [6, 6.07) is 28.7. The van der Waals surface area contributed by atoms with Crippen LogP contribution < -0.4 is 4.74 Å². The fourth-order valence-electron chi connectivity index (χ4n) is 2.84. The van der Waals surface area contributed by atoms with Crippen molar-refractivity contribution in [3.05, 3.63) is 102 Å². The van der Waals surface area contributed by atoms with Crippen LogP contribution in [0.15, 0.2) is 91.0 Å². The van der Waals surface area contributed by atoms with Crippen molar-refractivity contribution in [2.75, 3.05) is 0 Å². The zero-order chi connectivity index (χ0) is 17.8. The van der Waals surface area contributed by atoms with Gasteiger partial charge in [0.1, 0.15) is 17.2 Å². The second-order valence-corrected chi connectivity index (χ2v) is 6.05. The Bertz CT molecular complexity index is 1060. The minimum Gasteiger partial charge on any atom is -0.457 e. The van der Waals surface area contributed by atoms with Gasteiger partial charge in [0, 0.05) is 11.8 Å². The molecular formula is C23H17NO2. The number of fused-ring (bicyclic) bond motifs is 1. The number of ketones is 1. The molecule has 3 nitrogen and oxygen atoms in total. The molecule has 0 saturated carbocycles. The van der Waals surface area contributed by atoms with E-state index in [1.807, 2.05) is 84.9 Å². The highest BCUT2D eigenvalue weighted by Gasteiger charge is 2.10. The third-order valence-electron chi connectivity index (χ3n) is 4.13. The van der Waals surface area contributed by atoms with E-state index in [9.17, 15) is 4.79 Å². The van der Waals surface area contributed by atoms with E-state index in [0.29, 0.717) is 11.4 Å². The first-order chi connectivity index (χ1) is 12.8. The van der Waals surface area contributed by atoms with E-state index in [0.717, 1.165) is 22.2 Å². The van der Waals surface area contributed by atoms with Crippen molar-refractivity contribution >= 4 is 16.7 Å². The molecule has 0 amide bonds. The van der Waals surface area contributed by atoms with E-state index in [-0.39, 0.29) is 12.2 Å². The smallest absolute Gasteiger partial charge is 0.185 e. The van der Waals surface area contributed by atoms with Crippen LogP contribution in [-0.4, -0.2) is 10.8 Å². The molecule has 26 heavy (non-hydrogen) atoms. The number of rotatable bonds is 5. The second-order valence-electron chi connectivity index (χ2n) is 6.05. The normalized spacial score (nSPS) is 10.6. The molecule has 126 valence electrons. The summed E-state index contributed by atoms with van der Waals surface area (Å²) >= 11 is 0. The van der Waals surface area contributed by atoms with Gasteiger partial charge in [-0.1, -0.05) is 54.6 Å². The standard InChI is InChI=1S/C23H17NO2/c25-23(22-14-13-18-8-4-5-12-21(18)24-22)16-17-7-6-11-20(15-17)26-19-9-2-1-3-10-19/h1-15H,16H2. The number of Topliss-reactive ketones (excluding diaryl/α,β-unsaturated/α-hetero) is 1. The number of nitrogens with zero attached hydrogens (tertiary/aromatic N) is 1. The number of carbonyl (C=O) groups is 1. The molecule has 0 bridgehead atoms. The number of aromatic nitrogens is 1. The first kappa shape index (κ1) is 16.0. The minimum absolute atomic E-state index is 0.00684. The van der Waals surface area contributed by atoms with E-state index in [2.05, 4.69) is 4.98 Å². The van der Waals surface area contributed by atoms with Gasteiger partial charge in [-0.05, 0) is 42.0 Å². The first-order valence-corrected chi connectivity index (χ1v) is 8.49. The maximum absolute atomic E-state index is 12.6. The van der Waals surface area contributed by atoms with E-state index in [4.69, 9.17) is 4.74 Å². The van der Waals surface area contributed by atoms with Gasteiger partial charge in [-0.3, -0.25) is 4.79 Å². The lowest BCUT2D eigenvalue weighted by Gasteiger charge is -2.07. The van der Waals surface area contributed by atoms with Gasteiger partial charge in [0.15, 0.2) is 5.78 Å². The largest absolute Gasteiger partial charge is 0.457 e. The number of pyridine rings is 1. The van der Waals surface area contributed by atoms with Gasteiger partial charge in [-0.15, -0.1) is 0 Å². The van der Waals surface area contributed by atoms with Crippen molar-refractivity contribution in [3.63, 3.8) is 0 Å². The van der Waals surface area contributed by atoms with Crippen molar-refractivity contribution < 1.29 is 9.53 Å². The topological polar surface area (TPSA) is 39.2 Å². The molecule has 0 radical (unpaired) electrons. The molecule has 0 aliphatic heterocycles. The number of para-hydroxylation sites is 2. The number of hydrogen-bond acceptors (Lipinski definition) is 3. The van der Waals surface area contributed by atoms with Crippen molar-refractivity contribution in [3.8, 4) is 11.5 Å². The van der Waals surface area contributed by atoms with Crippen LogP contribution in [0.4, 0.5) is 0 Å². The zero-order valence-corrected chi connectivity index (χ0v) is 14.1. The van der Waals surface area contributed by atoms with E-state index in [1.54, 1.807) is 6.07 Å². The maximum atomic E-state index is 12.6. The van der Waals surface area contributed by atoms with Gasteiger partial charge in [0.25, 0.3) is 0 Å². The predicted octanol–water partition coefficient (Wildman–Crippen LogP) is 5.45. The van der Waals surface area contributed by atoms with Crippen LogP contribution in [0.1, 0.15) is 16.1 Å². The zero-order valence-electron chi connectivity index (χ0n) is 14.1. The molecule has 0 unspecified atom stereocenters. The van der Waals surface area contributed by atoms with Gasteiger partial charge in [0.2, 0.25) is 0 Å². The molecule has 4 aromatic rings. The van der Waals surface area contributed by atoms with Gasteiger partial charge < -0.3 is 4.74 Å². The Labute approximate surface area is 151 Å². The molecule has 0 aliphatic carbocycles. The Morgan fingerprint density at radius 2 is 1.54 bits per heavy atom. The van der Waals surface area contributed by atoms with Gasteiger partial charge in [0.05, 0.1) is 5.52 Å². The molecule has 0 N–H and O–H groups in total. The van der Waals surface area contributed by atoms with Crippen LogP contribution in [0.5, 0.6) is 11.5 Å². The van der Waals surface area contributed by atoms with Crippen molar-refractivity contribution in [2.24, 2.45) is 0 Å². The molecular weight excluding hydrogens is 322 g/mol. The van der Waals surface area contributed by atoms with E-state index in [1.165, 1.54) is 0 Å². The van der Waals surface area contributed by atoms with Crippen LogP contribution in [0.2, 0.25) is 0 Å². The molecule has 0 fully saturated rings. The van der Waals surface area contributed by atoms with Crippen LogP contribution in [0.25, 0.3) is 10.9 Å². The summed E-state index contributed by atoms with van der Waals surface area (Å²) in [6.45, 7) is 0. The Morgan fingerprint density at radius 3 is 2.42 bits per heavy atom. The summed E-state index contributed by atoms with van der Waals surface area (Å²) in [7, 11) is 0. The number of hydrogen-bond donors (Lipinski definition) is 0. The van der Waals surface area contributed by atoms with Crippen LogP contribution in [0, 0.1) is 0 Å². The summed E-state index contributed by atoms with van der Waals surface area (Å²) in [5, 5.41) is 1.03. The highest BCUT2D eigenvalue weighted by atomic mass is 16.5. The number of ether oxygens (including phenoxy) is 1. The molecule has 4 rings (SSSR count). The predicted molar refractivity (Wildman–Crippen MR) is 103 cm³/mol. The van der Waals surface area contributed by atoms with E-state index < -0.39 is 0 Å². The Hall–Kier alpha value is -3.46. The molecule has 3 aromatic carbocycles. The molecule has 0 atom stereocenters. The van der Waals surface area contributed by atoms with Gasteiger partial charge in [-0.25, -0.2) is 4.98 Å². The molecule has 1 heterocycles. The van der Waals surface area contributed by atoms with Crippen LogP contribution in [-0.2, 0) is 6.42 Å². The van der Waals surface area contributed by atoms with Gasteiger partial charge in [-0.2, -0.15) is 0 Å². The average Bonchev–Trinajstić information content (AvgIpc) is 2.68. The molecule has 1 aromatic heterocycles. The fourth-order valence-corrected chi connectivity index (χ4v) is 2.84. The number of carbonyl (C=O) groups excluding carboxylic acids is 1. The summed E-state index contributed by atoms with van der Waals surface area (Å²) in [6.07, 6.45) is 0.289. The number of benzene rings is 3. The summed E-state index contributed by atoms with van der Waals surface area (Å²) in [5.41, 5.74) is 2.22.